The Bertz CT molecular complexity index is 639. The van der Waals surface area contributed by atoms with Crippen molar-refractivity contribution in [1.29, 1.82) is 0 Å². The van der Waals surface area contributed by atoms with Crippen molar-refractivity contribution in [3.8, 4) is 11.5 Å². The van der Waals surface area contributed by atoms with Gasteiger partial charge in [-0.25, -0.2) is 0 Å². The summed E-state index contributed by atoms with van der Waals surface area (Å²) in [4.78, 5) is 11.9. The van der Waals surface area contributed by atoms with Crippen LogP contribution in [0.4, 0.5) is 11.4 Å². The first-order valence-corrected chi connectivity index (χ1v) is 7.10. The number of hydrogen-bond acceptors (Lipinski definition) is 4. The molecule has 116 valence electrons. The summed E-state index contributed by atoms with van der Waals surface area (Å²) < 4.78 is 10.8. The molecule has 0 unspecified atom stereocenters. The number of nitrogens with one attached hydrogen (secondary N) is 1. The Morgan fingerprint density at radius 1 is 1.09 bits per heavy atom. The van der Waals surface area contributed by atoms with E-state index in [0.717, 1.165) is 5.56 Å². The number of anilines is 2. The fourth-order valence-electron chi connectivity index (χ4n) is 1.88. The molecule has 0 aliphatic carbocycles. The molecule has 0 saturated carbocycles. The van der Waals surface area contributed by atoms with Crippen molar-refractivity contribution in [2.45, 2.75) is 13.8 Å². The summed E-state index contributed by atoms with van der Waals surface area (Å²) in [7, 11) is 0. The summed E-state index contributed by atoms with van der Waals surface area (Å²) in [5.41, 5.74) is 8.02. The van der Waals surface area contributed by atoms with Gasteiger partial charge in [-0.05, 0) is 38.1 Å². The second-order valence-electron chi connectivity index (χ2n) is 4.83. The molecule has 5 nitrogen and oxygen atoms in total. The van der Waals surface area contributed by atoms with Crippen LogP contribution in [0.25, 0.3) is 0 Å². The highest BCUT2D eigenvalue weighted by molar-refractivity contribution is 5.95. The van der Waals surface area contributed by atoms with Gasteiger partial charge in [0.2, 0.25) is 0 Å². The van der Waals surface area contributed by atoms with Crippen LogP contribution in [-0.4, -0.2) is 19.1 Å². The van der Waals surface area contributed by atoms with Crippen molar-refractivity contribution in [1.82, 2.24) is 0 Å². The van der Waals surface area contributed by atoms with Crippen LogP contribution in [0.3, 0.4) is 0 Å². The summed E-state index contributed by atoms with van der Waals surface area (Å²) in [5.74, 6) is 1.06. The van der Waals surface area contributed by atoms with Crippen molar-refractivity contribution in [2.24, 2.45) is 0 Å². The number of amides is 1. The van der Waals surface area contributed by atoms with E-state index in [9.17, 15) is 4.79 Å². The van der Waals surface area contributed by atoms with Gasteiger partial charge in [0.05, 0.1) is 18.0 Å². The van der Waals surface area contributed by atoms with E-state index in [-0.39, 0.29) is 12.5 Å². The Kier molecular flexibility index (Phi) is 5.25. The second kappa shape index (κ2) is 7.36. The first kappa shape index (κ1) is 15.7. The predicted octanol–water partition coefficient (Wildman–Crippen LogP) is 2.99. The maximum Gasteiger partial charge on any atom is 0.262 e. The molecule has 2 rings (SSSR count). The molecule has 0 aromatic heterocycles. The molecular weight excluding hydrogens is 280 g/mol. The molecule has 3 N–H and O–H groups in total. The Morgan fingerprint density at radius 2 is 1.77 bits per heavy atom. The van der Waals surface area contributed by atoms with Crippen LogP contribution in [0, 0.1) is 6.92 Å². The van der Waals surface area contributed by atoms with E-state index in [1.54, 1.807) is 18.2 Å². The van der Waals surface area contributed by atoms with Crippen molar-refractivity contribution in [3.05, 3.63) is 48.0 Å². The average molecular weight is 300 g/mol. The van der Waals surface area contributed by atoms with E-state index < -0.39 is 0 Å². The van der Waals surface area contributed by atoms with Crippen molar-refractivity contribution in [2.75, 3.05) is 24.3 Å². The topological polar surface area (TPSA) is 73.6 Å². The third-order valence-electron chi connectivity index (χ3n) is 3.00. The van der Waals surface area contributed by atoms with Crippen LogP contribution >= 0.6 is 0 Å². The molecule has 0 aliphatic rings. The number of nitrogen functional groups attached to an aromatic ring is 1. The van der Waals surface area contributed by atoms with Crippen LogP contribution in [-0.2, 0) is 4.79 Å². The maximum absolute atomic E-state index is 11.9. The van der Waals surface area contributed by atoms with Crippen molar-refractivity contribution < 1.29 is 14.3 Å². The summed E-state index contributed by atoms with van der Waals surface area (Å²) in [6.07, 6.45) is 0. The third-order valence-corrected chi connectivity index (χ3v) is 3.00. The number of aryl methyl sites for hydroxylation is 1. The monoisotopic (exact) mass is 300 g/mol. The van der Waals surface area contributed by atoms with E-state index in [0.29, 0.717) is 29.5 Å². The van der Waals surface area contributed by atoms with Crippen LogP contribution in [0.5, 0.6) is 11.5 Å². The van der Waals surface area contributed by atoms with Gasteiger partial charge >= 0.3 is 0 Å². The van der Waals surface area contributed by atoms with E-state index in [2.05, 4.69) is 5.32 Å². The first-order valence-electron chi connectivity index (χ1n) is 7.10. The zero-order chi connectivity index (χ0) is 15.9. The van der Waals surface area contributed by atoms with Gasteiger partial charge in [-0.2, -0.15) is 0 Å². The lowest BCUT2D eigenvalue weighted by Crippen LogP contribution is -2.20. The lowest BCUT2D eigenvalue weighted by atomic mass is 10.2. The molecule has 0 saturated heterocycles. The smallest absolute Gasteiger partial charge is 0.262 e. The van der Waals surface area contributed by atoms with Gasteiger partial charge < -0.3 is 20.5 Å². The third kappa shape index (κ3) is 4.41. The molecule has 0 fully saturated rings. The second-order valence-corrected chi connectivity index (χ2v) is 4.83. The fourth-order valence-corrected chi connectivity index (χ4v) is 1.88. The molecule has 0 heterocycles. The minimum absolute atomic E-state index is 0.0737. The van der Waals surface area contributed by atoms with Crippen molar-refractivity contribution >= 4 is 17.3 Å². The van der Waals surface area contributed by atoms with Crippen LogP contribution in [0.2, 0.25) is 0 Å². The van der Waals surface area contributed by atoms with E-state index >= 15 is 0 Å². The SMILES string of the molecule is CCOc1ccc(NC(=O)COc2ccc(C)cc2)c(N)c1. The number of rotatable bonds is 6. The first-order chi connectivity index (χ1) is 10.6. The summed E-state index contributed by atoms with van der Waals surface area (Å²) in [5, 5.41) is 2.72. The minimum atomic E-state index is -0.267. The molecule has 0 aliphatic heterocycles. The number of ether oxygens (including phenoxy) is 2. The number of hydrogen-bond donors (Lipinski definition) is 2. The zero-order valence-corrected chi connectivity index (χ0v) is 12.8. The summed E-state index contributed by atoms with van der Waals surface area (Å²) in [6, 6.07) is 12.7. The number of carbonyl (C=O) groups is 1. The molecule has 0 bridgehead atoms. The number of nitrogens with two attached hydrogens (primary N) is 1. The number of benzene rings is 2. The molecule has 0 spiro atoms. The van der Waals surface area contributed by atoms with Gasteiger partial charge in [-0.15, -0.1) is 0 Å². The van der Waals surface area contributed by atoms with E-state index in [1.165, 1.54) is 0 Å². The molecule has 1 amide bonds. The standard InChI is InChI=1S/C17H20N2O3/c1-3-21-14-8-9-16(15(18)10-14)19-17(20)11-22-13-6-4-12(2)5-7-13/h4-10H,3,11,18H2,1-2H3,(H,19,20). The van der Waals surface area contributed by atoms with Crippen molar-refractivity contribution in [3.63, 3.8) is 0 Å². The van der Waals surface area contributed by atoms with Crippen LogP contribution in [0.15, 0.2) is 42.5 Å². The zero-order valence-electron chi connectivity index (χ0n) is 12.8. The minimum Gasteiger partial charge on any atom is -0.494 e. The Hall–Kier alpha value is -2.69. The van der Waals surface area contributed by atoms with Gasteiger partial charge in [0, 0.05) is 6.07 Å². The highest BCUT2D eigenvalue weighted by atomic mass is 16.5. The number of carbonyl (C=O) groups excluding carboxylic acids is 1. The highest BCUT2D eigenvalue weighted by Gasteiger charge is 2.07. The van der Waals surface area contributed by atoms with Crippen LogP contribution < -0.4 is 20.5 Å². The molecule has 0 radical (unpaired) electrons. The highest BCUT2D eigenvalue weighted by Crippen LogP contribution is 2.24. The summed E-state index contributed by atoms with van der Waals surface area (Å²) >= 11 is 0. The van der Waals surface area contributed by atoms with Gasteiger partial charge in [0.15, 0.2) is 6.61 Å². The van der Waals surface area contributed by atoms with Gasteiger partial charge in [0.1, 0.15) is 11.5 Å². The molecule has 22 heavy (non-hydrogen) atoms. The maximum atomic E-state index is 11.9. The molecule has 5 heteroatoms. The lowest BCUT2D eigenvalue weighted by Gasteiger charge is -2.11. The predicted molar refractivity (Wildman–Crippen MR) is 87.3 cm³/mol. The Balaban J connectivity index is 1.90. The molecule has 2 aromatic carbocycles. The molecule has 2 aromatic rings. The normalized spacial score (nSPS) is 10.1. The Labute approximate surface area is 130 Å². The van der Waals surface area contributed by atoms with Crippen LogP contribution in [0.1, 0.15) is 12.5 Å². The fraction of sp³-hybridized carbons (Fsp3) is 0.235. The average Bonchev–Trinajstić information content (AvgIpc) is 2.50. The van der Waals surface area contributed by atoms with Gasteiger partial charge in [-0.3, -0.25) is 4.79 Å². The van der Waals surface area contributed by atoms with E-state index in [4.69, 9.17) is 15.2 Å². The molecule has 0 atom stereocenters. The quantitative estimate of drug-likeness (QED) is 0.804. The largest absolute Gasteiger partial charge is 0.494 e. The van der Waals surface area contributed by atoms with Gasteiger partial charge in [0.25, 0.3) is 5.91 Å². The Morgan fingerprint density at radius 3 is 2.41 bits per heavy atom. The van der Waals surface area contributed by atoms with Gasteiger partial charge in [-0.1, -0.05) is 17.7 Å². The lowest BCUT2D eigenvalue weighted by molar-refractivity contribution is -0.118. The summed E-state index contributed by atoms with van der Waals surface area (Å²) in [6.45, 7) is 4.38. The van der Waals surface area contributed by atoms with E-state index in [1.807, 2.05) is 38.1 Å². The molecular formula is C17H20N2O3.